The second-order valence-corrected chi connectivity index (χ2v) is 10.1. The van der Waals surface area contributed by atoms with Crippen LogP contribution in [0.25, 0.3) is 0 Å². The minimum absolute atomic E-state index is 0.00504. The van der Waals surface area contributed by atoms with Crippen LogP contribution in [0.4, 0.5) is 24.8 Å². The van der Waals surface area contributed by atoms with E-state index < -0.39 is 29.4 Å². The lowest BCUT2D eigenvalue weighted by atomic mass is 9.88. The summed E-state index contributed by atoms with van der Waals surface area (Å²) in [6.45, 7) is 6.21. The Balaban J connectivity index is 1.83. The van der Waals surface area contributed by atoms with Crippen LogP contribution in [0.2, 0.25) is 0 Å². The molecule has 2 heterocycles. The zero-order valence-electron chi connectivity index (χ0n) is 24.4. The van der Waals surface area contributed by atoms with Gasteiger partial charge in [-0.25, -0.2) is 19.3 Å². The predicted molar refractivity (Wildman–Crippen MR) is 153 cm³/mol. The van der Waals surface area contributed by atoms with Crippen molar-refractivity contribution >= 4 is 17.6 Å². The summed E-state index contributed by atoms with van der Waals surface area (Å²) in [4.78, 5) is 30.1. The molecule has 0 amide bonds. The summed E-state index contributed by atoms with van der Waals surface area (Å²) >= 11 is 0. The number of carbonyl (C=O) groups excluding carboxylic acids is 1. The Morgan fingerprint density at radius 2 is 1.98 bits per heavy atom. The number of allylic oxidation sites excluding steroid dienone is 1. The van der Waals surface area contributed by atoms with Gasteiger partial charge in [0, 0.05) is 24.5 Å². The fourth-order valence-electron chi connectivity index (χ4n) is 5.25. The molecule has 228 valence electrons. The lowest BCUT2D eigenvalue weighted by Gasteiger charge is -2.36. The molecule has 0 aliphatic carbocycles. The van der Waals surface area contributed by atoms with Gasteiger partial charge in [-0.3, -0.25) is 4.90 Å². The van der Waals surface area contributed by atoms with Crippen LogP contribution in [0.3, 0.4) is 0 Å². The van der Waals surface area contributed by atoms with Crippen LogP contribution in [0.5, 0.6) is 0 Å². The summed E-state index contributed by atoms with van der Waals surface area (Å²) in [7, 11) is 3.17. The monoisotopic (exact) mass is 598 g/mol. The number of H-pyrrole nitrogens is 1. The van der Waals surface area contributed by atoms with Crippen LogP contribution in [0, 0.1) is 11.3 Å². The van der Waals surface area contributed by atoms with Crippen molar-refractivity contribution in [3.8, 4) is 6.07 Å². The van der Waals surface area contributed by atoms with Crippen molar-refractivity contribution in [1.29, 1.82) is 5.26 Å². The Morgan fingerprint density at radius 1 is 1.21 bits per heavy atom. The molecule has 1 aliphatic rings. The Labute approximate surface area is 246 Å². The van der Waals surface area contributed by atoms with Crippen LogP contribution in [-0.4, -0.2) is 66.1 Å². The fourth-order valence-corrected chi connectivity index (χ4v) is 5.25. The Bertz CT molecular complexity index is 1600. The van der Waals surface area contributed by atoms with E-state index in [9.17, 15) is 28.0 Å². The first-order valence-electron chi connectivity index (χ1n) is 13.7. The molecule has 1 aliphatic heterocycles. The van der Waals surface area contributed by atoms with Gasteiger partial charge in [-0.1, -0.05) is 12.1 Å². The van der Waals surface area contributed by atoms with Gasteiger partial charge < -0.3 is 14.4 Å². The average Bonchev–Trinajstić information content (AvgIpc) is 3.36. The molecule has 0 bridgehead atoms. The number of benzene rings is 2. The summed E-state index contributed by atoms with van der Waals surface area (Å²) in [6, 6.07) is 10.7. The van der Waals surface area contributed by atoms with E-state index in [0.29, 0.717) is 37.2 Å². The van der Waals surface area contributed by atoms with Crippen LogP contribution in [0.15, 0.2) is 58.5 Å². The number of fused-ring (bicyclic) bond motifs is 1. The number of halogens is 3. The Hall–Kier alpha value is -4.41. The molecule has 0 saturated heterocycles. The Morgan fingerprint density at radius 3 is 2.65 bits per heavy atom. The highest BCUT2D eigenvalue weighted by atomic mass is 19.4. The molecule has 13 heteroatoms. The van der Waals surface area contributed by atoms with Crippen molar-refractivity contribution in [2.24, 2.45) is 0 Å². The summed E-state index contributed by atoms with van der Waals surface area (Å²) in [5.41, 5.74) is 0.505. The largest absolute Gasteiger partial charge is 0.466 e. The van der Waals surface area contributed by atoms with Crippen molar-refractivity contribution in [3.63, 3.8) is 0 Å². The minimum atomic E-state index is -4.61. The lowest BCUT2D eigenvalue weighted by molar-refractivity contribution is -0.138. The molecule has 1 atom stereocenters. The van der Waals surface area contributed by atoms with Crippen molar-refractivity contribution in [2.45, 2.75) is 38.9 Å². The number of nitrogens with one attached hydrogen (secondary N) is 1. The predicted octanol–water partition coefficient (Wildman–Crippen LogP) is 4.55. The quantitative estimate of drug-likeness (QED) is 0.253. The van der Waals surface area contributed by atoms with Crippen LogP contribution >= 0.6 is 0 Å². The minimum Gasteiger partial charge on any atom is -0.466 e. The standard InChI is InChI=1S/C30H33F3N6O4/c1-5-43-15-14-37(3)13-7-8-21-16-20(18-34)11-12-24(21)26-25(27(40)42-4)19(2)38(28-35-36-29(41)39(26)28)23-10-6-9-22(17-23)30(31,32)33/h6,9-12,16-17,26H,5,7-8,13-15H2,1-4H3,(H,36,41)/t26-/m1/s1. The van der Waals surface area contributed by atoms with Gasteiger partial charge in [-0.15, -0.1) is 5.10 Å². The van der Waals surface area contributed by atoms with Gasteiger partial charge in [-0.05, 0) is 81.7 Å². The molecule has 0 fully saturated rings. The van der Waals surface area contributed by atoms with E-state index >= 15 is 0 Å². The summed E-state index contributed by atoms with van der Waals surface area (Å²) < 4.78 is 52.6. The van der Waals surface area contributed by atoms with Crippen molar-refractivity contribution in [3.05, 3.63) is 86.5 Å². The third-order valence-electron chi connectivity index (χ3n) is 7.35. The van der Waals surface area contributed by atoms with Gasteiger partial charge in [0.05, 0.1) is 36.5 Å². The summed E-state index contributed by atoms with van der Waals surface area (Å²) in [5.74, 6) is -0.755. The normalized spacial score (nSPS) is 15.0. The number of nitriles is 1. The number of methoxy groups -OCH3 is 1. The zero-order chi connectivity index (χ0) is 31.3. The molecule has 1 aromatic heterocycles. The molecule has 0 spiro atoms. The third-order valence-corrected chi connectivity index (χ3v) is 7.35. The molecule has 43 heavy (non-hydrogen) atoms. The number of aromatic nitrogens is 3. The number of hydrogen-bond donors (Lipinski definition) is 1. The zero-order valence-corrected chi connectivity index (χ0v) is 24.4. The van der Waals surface area contributed by atoms with E-state index in [1.54, 1.807) is 25.1 Å². The van der Waals surface area contributed by atoms with Gasteiger partial charge >= 0.3 is 17.8 Å². The maximum atomic E-state index is 13.6. The smallest absolute Gasteiger partial charge is 0.416 e. The number of anilines is 2. The average molecular weight is 599 g/mol. The van der Waals surface area contributed by atoms with Gasteiger partial charge in [0.25, 0.3) is 0 Å². The van der Waals surface area contributed by atoms with E-state index in [2.05, 4.69) is 21.2 Å². The third kappa shape index (κ3) is 6.65. The number of ether oxygens (including phenoxy) is 2. The van der Waals surface area contributed by atoms with Crippen molar-refractivity contribution in [2.75, 3.05) is 45.4 Å². The fraction of sp³-hybridized carbons (Fsp3) is 0.400. The van der Waals surface area contributed by atoms with Crippen LogP contribution < -0.4 is 10.6 Å². The first-order chi connectivity index (χ1) is 20.5. The maximum absolute atomic E-state index is 13.6. The number of esters is 1. The van der Waals surface area contributed by atoms with Gasteiger partial charge in [-0.2, -0.15) is 18.4 Å². The van der Waals surface area contributed by atoms with E-state index in [-0.39, 0.29) is 22.9 Å². The molecule has 1 N–H and O–H groups in total. The maximum Gasteiger partial charge on any atom is 0.416 e. The number of nitrogens with zero attached hydrogens (tertiary/aromatic N) is 5. The second-order valence-electron chi connectivity index (χ2n) is 10.1. The van der Waals surface area contributed by atoms with Crippen molar-refractivity contribution < 1.29 is 27.4 Å². The van der Waals surface area contributed by atoms with E-state index in [0.717, 1.165) is 30.8 Å². The highest BCUT2D eigenvalue weighted by molar-refractivity contribution is 5.93. The van der Waals surface area contributed by atoms with Gasteiger partial charge in [0.2, 0.25) is 5.95 Å². The van der Waals surface area contributed by atoms with Crippen molar-refractivity contribution in [1.82, 2.24) is 19.7 Å². The van der Waals surface area contributed by atoms with Crippen LogP contribution in [0.1, 0.15) is 48.6 Å². The van der Waals surface area contributed by atoms with E-state index in [1.165, 1.54) is 28.7 Å². The highest BCUT2D eigenvalue weighted by Gasteiger charge is 2.41. The molecule has 0 unspecified atom stereocenters. The van der Waals surface area contributed by atoms with Gasteiger partial charge in [0.1, 0.15) is 6.04 Å². The molecule has 3 aromatic rings. The van der Waals surface area contributed by atoms with E-state index in [4.69, 9.17) is 9.47 Å². The molecule has 4 rings (SSSR count). The number of carbonyl (C=O) groups is 1. The second kappa shape index (κ2) is 13.3. The lowest BCUT2D eigenvalue weighted by Crippen LogP contribution is -2.38. The Kier molecular flexibility index (Phi) is 9.73. The molecular weight excluding hydrogens is 565 g/mol. The number of rotatable bonds is 11. The number of likely N-dealkylation sites (N-methyl/N-ethyl adjacent to an activating group) is 1. The number of hydrogen-bond acceptors (Lipinski definition) is 8. The highest BCUT2D eigenvalue weighted by Crippen LogP contribution is 2.43. The molecule has 0 radical (unpaired) electrons. The molecule has 0 saturated carbocycles. The molecular formula is C30H33F3N6O4. The SMILES string of the molecule is CCOCCN(C)CCCc1cc(C#N)ccc1[C@@H]1C(C(=O)OC)=C(C)N(c2cccc(C(F)(F)F)c2)c2n[nH]c(=O)n21. The molecule has 10 nitrogen and oxygen atoms in total. The number of alkyl halides is 3. The van der Waals surface area contributed by atoms with E-state index in [1.807, 2.05) is 14.0 Å². The topological polar surface area (TPSA) is 116 Å². The first-order valence-corrected chi connectivity index (χ1v) is 13.7. The molecule has 2 aromatic carbocycles. The summed E-state index contributed by atoms with van der Waals surface area (Å²) in [6.07, 6.45) is -3.39. The summed E-state index contributed by atoms with van der Waals surface area (Å²) in [5, 5.41) is 16.2. The first kappa shape index (κ1) is 31.5. The number of aryl methyl sites for hydroxylation is 1. The number of aromatic amines is 1. The van der Waals surface area contributed by atoms with Crippen LogP contribution in [-0.2, 0) is 26.9 Å². The van der Waals surface area contributed by atoms with Gasteiger partial charge in [0.15, 0.2) is 0 Å².